The molecule has 0 fully saturated rings. The van der Waals surface area contributed by atoms with Gasteiger partial charge in [0.2, 0.25) is 0 Å². The Kier molecular flexibility index (Phi) is 7.42. The van der Waals surface area contributed by atoms with Crippen LogP contribution in [-0.4, -0.2) is 49.1 Å². The lowest BCUT2D eigenvalue weighted by Gasteiger charge is -2.35. The molecule has 1 N–H and O–H groups in total. The van der Waals surface area contributed by atoms with Crippen LogP contribution in [0.4, 0.5) is 5.69 Å². The first-order valence-corrected chi connectivity index (χ1v) is 8.75. The lowest BCUT2D eigenvalue weighted by atomic mass is 10.0. The first-order chi connectivity index (χ1) is 11.3. The SMILES string of the molecule is CCOC(=O)c1cc(C)cc(C)c1NC(=O)C[N+](CC)(CC)CC. The molecule has 0 atom stereocenters. The Morgan fingerprint density at radius 2 is 1.62 bits per heavy atom. The maximum atomic E-state index is 12.6. The standard InChI is InChI=1S/C19H30N2O3/c1-7-21(8-2,9-3)13-17(22)20-18-15(6)11-14(5)12-16(18)19(23)24-10-4/h11-12H,7-10,13H2,1-6H3/p+1. The average molecular weight is 335 g/mol. The van der Waals surface area contributed by atoms with E-state index in [4.69, 9.17) is 4.74 Å². The van der Waals surface area contributed by atoms with Crippen LogP contribution >= 0.6 is 0 Å². The summed E-state index contributed by atoms with van der Waals surface area (Å²) in [5, 5.41) is 2.95. The Hall–Kier alpha value is -1.88. The third-order valence-corrected chi connectivity index (χ3v) is 4.73. The molecule has 1 rings (SSSR count). The van der Waals surface area contributed by atoms with E-state index in [9.17, 15) is 9.59 Å². The van der Waals surface area contributed by atoms with Crippen LogP contribution in [0.2, 0.25) is 0 Å². The highest BCUT2D eigenvalue weighted by molar-refractivity contribution is 6.02. The molecule has 24 heavy (non-hydrogen) atoms. The fourth-order valence-corrected chi connectivity index (χ4v) is 2.99. The molecule has 0 aliphatic rings. The largest absolute Gasteiger partial charge is 0.462 e. The van der Waals surface area contributed by atoms with Gasteiger partial charge >= 0.3 is 5.97 Å². The van der Waals surface area contributed by atoms with E-state index in [1.54, 1.807) is 13.0 Å². The van der Waals surface area contributed by atoms with Crippen molar-refractivity contribution in [3.63, 3.8) is 0 Å². The van der Waals surface area contributed by atoms with Crippen LogP contribution in [0.5, 0.6) is 0 Å². The number of hydrogen-bond donors (Lipinski definition) is 1. The molecule has 5 heteroatoms. The summed E-state index contributed by atoms with van der Waals surface area (Å²) >= 11 is 0. The van der Waals surface area contributed by atoms with Crippen LogP contribution in [-0.2, 0) is 9.53 Å². The molecule has 0 saturated heterocycles. The first-order valence-electron chi connectivity index (χ1n) is 8.75. The van der Waals surface area contributed by atoms with Gasteiger partial charge in [0.05, 0.1) is 37.5 Å². The van der Waals surface area contributed by atoms with Crippen molar-refractivity contribution in [3.05, 3.63) is 28.8 Å². The molecule has 0 bridgehead atoms. The number of ether oxygens (including phenoxy) is 1. The van der Waals surface area contributed by atoms with Crippen molar-refractivity contribution in [2.45, 2.75) is 41.5 Å². The number of esters is 1. The lowest BCUT2D eigenvalue weighted by Crippen LogP contribution is -2.52. The summed E-state index contributed by atoms with van der Waals surface area (Å²) in [6.07, 6.45) is 0. The predicted molar refractivity (Wildman–Crippen MR) is 97.3 cm³/mol. The highest BCUT2D eigenvalue weighted by atomic mass is 16.5. The summed E-state index contributed by atoms with van der Waals surface area (Å²) in [5.74, 6) is -0.472. The summed E-state index contributed by atoms with van der Waals surface area (Å²) in [6, 6.07) is 3.72. The topological polar surface area (TPSA) is 55.4 Å². The summed E-state index contributed by atoms with van der Waals surface area (Å²) in [6.45, 7) is 15.3. The van der Waals surface area contributed by atoms with Gasteiger partial charge in [-0.05, 0) is 58.7 Å². The molecule has 0 aliphatic carbocycles. The van der Waals surface area contributed by atoms with Crippen molar-refractivity contribution in [1.29, 1.82) is 0 Å². The average Bonchev–Trinajstić information content (AvgIpc) is 2.55. The molecule has 0 heterocycles. The van der Waals surface area contributed by atoms with E-state index in [1.807, 2.05) is 19.9 Å². The van der Waals surface area contributed by atoms with Gasteiger partial charge in [0, 0.05) is 0 Å². The second kappa shape index (κ2) is 8.83. The number of carbonyl (C=O) groups excluding carboxylic acids is 2. The number of hydrogen-bond acceptors (Lipinski definition) is 3. The molecule has 134 valence electrons. The zero-order valence-corrected chi connectivity index (χ0v) is 15.9. The van der Waals surface area contributed by atoms with E-state index in [0.29, 0.717) is 24.4 Å². The number of rotatable bonds is 8. The minimum Gasteiger partial charge on any atom is -0.462 e. The number of anilines is 1. The molecule has 1 amide bonds. The Morgan fingerprint density at radius 3 is 2.12 bits per heavy atom. The molecular weight excluding hydrogens is 304 g/mol. The quantitative estimate of drug-likeness (QED) is 0.586. The van der Waals surface area contributed by atoms with Crippen molar-refractivity contribution in [1.82, 2.24) is 0 Å². The molecule has 0 unspecified atom stereocenters. The third-order valence-electron chi connectivity index (χ3n) is 4.73. The third kappa shape index (κ3) is 4.81. The maximum absolute atomic E-state index is 12.6. The number of nitrogens with zero attached hydrogens (tertiary/aromatic N) is 1. The van der Waals surface area contributed by atoms with Gasteiger partial charge in [-0.15, -0.1) is 0 Å². The van der Waals surface area contributed by atoms with E-state index in [0.717, 1.165) is 35.2 Å². The van der Waals surface area contributed by atoms with E-state index >= 15 is 0 Å². The molecule has 0 aliphatic heterocycles. The zero-order chi connectivity index (χ0) is 18.3. The number of benzene rings is 1. The second-order valence-electron chi connectivity index (χ2n) is 6.22. The van der Waals surface area contributed by atoms with Crippen LogP contribution in [0.3, 0.4) is 0 Å². The van der Waals surface area contributed by atoms with E-state index < -0.39 is 5.97 Å². The number of aryl methyl sites for hydroxylation is 2. The molecule has 1 aromatic rings. The molecule has 5 nitrogen and oxygen atoms in total. The molecular formula is C19H31N2O3+. The minimum atomic E-state index is -0.401. The predicted octanol–water partition coefficient (Wildman–Crippen LogP) is 3.30. The number of likely N-dealkylation sites (N-methyl/N-ethyl adjacent to an activating group) is 1. The molecule has 0 radical (unpaired) electrons. The number of amides is 1. The fourth-order valence-electron chi connectivity index (χ4n) is 2.99. The van der Waals surface area contributed by atoms with Gasteiger partial charge in [-0.2, -0.15) is 0 Å². The maximum Gasteiger partial charge on any atom is 0.340 e. The number of quaternary nitrogens is 1. The van der Waals surface area contributed by atoms with Gasteiger partial charge in [-0.1, -0.05) is 6.07 Å². The van der Waals surface area contributed by atoms with Crippen LogP contribution in [0.1, 0.15) is 49.2 Å². The van der Waals surface area contributed by atoms with Gasteiger partial charge in [-0.3, -0.25) is 4.79 Å². The zero-order valence-electron chi connectivity index (χ0n) is 15.9. The smallest absolute Gasteiger partial charge is 0.340 e. The summed E-state index contributed by atoms with van der Waals surface area (Å²) in [4.78, 5) is 24.8. The van der Waals surface area contributed by atoms with Crippen molar-refractivity contribution in [2.24, 2.45) is 0 Å². The van der Waals surface area contributed by atoms with Crippen LogP contribution in [0, 0.1) is 13.8 Å². The van der Waals surface area contributed by atoms with Crippen LogP contribution < -0.4 is 5.32 Å². The molecule has 1 aromatic carbocycles. The highest BCUT2D eigenvalue weighted by Gasteiger charge is 2.26. The molecule has 0 aromatic heterocycles. The van der Waals surface area contributed by atoms with Gasteiger partial charge in [0.25, 0.3) is 5.91 Å². The van der Waals surface area contributed by atoms with Crippen LogP contribution in [0.25, 0.3) is 0 Å². The normalized spacial score (nSPS) is 11.2. The van der Waals surface area contributed by atoms with E-state index in [1.165, 1.54) is 0 Å². The van der Waals surface area contributed by atoms with Crippen molar-refractivity contribution in [2.75, 3.05) is 38.1 Å². The summed E-state index contributed by atoms with van der Waals surface area (Å²) in [7, 11) is 0. The number of carbonyl (C=O) groups is 2. The van der Waals surface area contributed by atoms with E-state index in [-0.39, 0.29) is 5.91 Å². The first kappa shape index (κ1) is 20.2. The van der Waals surface area contributed by atoms with E-state index in [2.05, 4.69) is 26.1 Å². The fraction of sp³-hybridized carbons (Fsp3) is 0.579. The number of nitrogens with one attached hydrogen (secondary N) is 1. The van der Waals surface area contributed by atoms with Gasteiger partial charge in [0.1, 0.15) is 0 Å². The Labute approximate surface area is 145 Å². The Bertz CT molecular complexity index is 584. The van der Waals surface area contributed by atoms with Crippen LogP contribution in [0.15, 0.2) is 12.1 Å². The monoisotopic (exact) mass is 335 g/mol. The Morgan fingerprint density at radius 1 is 1.04 bits per heavy atom. The van der Waals surface area contributed by atoms with Gasteiger partial charge < -0.3 is 14.5 Å². The Balaban J connectivity index is 3.09. The van der Waals surface area contributed by atoms with Crippen molar-refractivity contribution < 1.29 is 18.8 Å². The van der Waals surface area contributed by atoms with Crippen molar-refractivity contribution >= 4 is 17.6 Å². The highest BCUT2D eigenvalue weighted by Crippen LogP contribution is 2.24. The second-order valence-corrected chi connectivity index (χ2v) is 6.22. The summed E-state index contributed by atoms with van der Waals surface area (Å²) < 4.78 is 5.86. The van der Waals surface area contributed by atoms with Crippen molar-refractivity contribution in [3.8, 4) is 0 Å². The van der Waals surface area contributed by atoms with Gasteiger partial charge in [0.15, 0.2) is 6.54 Å². The minimum absolute atomic E-state index is 0.0712. The molecule has 0 spiro atoms. The molecule has 0 saturated carbocycles. The summed E-state index contributed by atoms with van der Waals surface area (Å²) in [5.41, 5.74) is 2.82. The lowest BCUT2D eigenvalue weighted by molar-refractivity contribution is -0.915. The van der Waals surface area contributed by atoms with Gasteiger partial charge in [-0.25, -0.2) is 4.79 Å².